The van der Waals surface area contributed by atoms with Crippen molar-refractivity contribution in [1.29, 1.82) is 0 Å². The second-order valence-electron chi connectivity index (χ2n) is 23.8. The number of aryl methyl sites for hydroxylation is 1. The van der Waals surface area contributed by atoms with Gasteiger partial charge in [-0.05, 0) is 155 Å². The van der Waals surface area contributed by atoms with E-state index in [0.717, 1.165) is 50.4 Å². The van der Waals surface area contributed by atoms with Gasteiger partial charge in [0.15, 0.2) is 0 Å². The summed E-state index contributed by atoms with van der Waals surface area (Å²) in [5.41, 5.74) is 6.58. The van der Waals surface area contributed by atoms with Gasteiger partial charge in [-0.2, -0.15) is 0 Å². The van der Waals surface area contributed by atoms with Crippen LogP contribution in [0.4, 0.5) is 34.1 Å². The maximum atomic E-state index is 12.2. The molecule has 0 bridgehead atoms. The molecule has 3 unspecified atom stereocenters. The molecule has 0 aromatic heterocycles. The van der Waals surface area contributed by atoms with Crippen LogP contribution >= 0.6 is 23.5 Å². The van der Waals surface area contributed by atoms with E-state index in [4.69, 9.17) is 14.2 Å². The third-order valence-electron chi connectivity index (χ3n) is 18.4. The summed E-state index contributed by atoms with van der Waals surface area (Å²) in [4.78, 5) is 43.7. The Labute approximate surface area is 489 Å². The minimum atomic E-state index is -1.09. The number of thioether (sulfide) groups is 2. The number of non-ortho nitro benzene ring substituents is 3. The van der Waals surface area contributed by atoms with Gasteiger partial charge >= 0.3 is 0 Å². The monoisotopic (exact) mass is 1140 g/mol. The van der Waals surface area contributed by atoms with Crippen molar-refractivity contribution in [3.05, 3.63) is 232 Å². The quantitative estimate of drug-likeness (QED) is 0.0682. The topological polar surface area (TPSA) is 167 Å². The summed E-state index contributed by atoms with van der Waals surface area (Å²) >= 11 is 2.82. The highest BCUT2D eigenvalue weighted by atomic mass is 32.2. The maximum Gasteiger partial charge on any atom is 0.271 e. The van der Waals surface area contributed by atoms with Crippen LogP contribution in [-0.2, 0) is 35.9 Å². The van der Waals surface area contributed by atoms with E-state index in [1.54, 1.807) is 36.4 Å². The fourth-order valence-electron chi connectivity index (χ4n) is 14.1. The summed E-state index contributed by atoms with van der Waals surface area (Å²) in [5.74, 6) is 1.75. The number of benzene rings is 7. The molecule has 0 N–H and O–H groups in total. The molecule has 15 nitrogen and oxygen atoms in total. The number of nitro groups is 3. The number of hydrogen-bond acceptors (Lipinski definition) is 14. The largest absolute Gasteiger partial charge is 0.462 e. The Morgan fingerprint density at radius 3 is 1.06 bits per heavy atom. The van der Waals surface area contributed by atoms with Gasteiger partial charge in [-0.3, -0.25) is 30.3 Å². The van der Waals surface area contributed by atoms with Crippen molar-refractivity contribution in [3.63, 3.8) is 0 Å². The Morgan fingerprint density at radius 1 is 0.434 bits per heavy atom. The normalized spacial score (nSPS) is 21.9. The van der Waals surface area contributed by atoms with Gasteiger partial charge in [0.2, 0.25) is 17.2 Å². The number of nitro benzene ring substituents is 3. The Balaban J connectivity index is 0.985. The van der Waals surface area contributed by atoms with Crippen molar-refractivity contribution in [2.75, 3.05) is 27.2 Å². The Bertz CT molecular complexity index is 3900. The highest BCUT2D eigenvalue weighted by molar-refractivity contribution is 7.99. The summed E-state index contributed by atoms with van der Waals surface area (Å²) in [6, 6.07) is 41.4. The third kappa shape index (κ3) is 7.72. The SMILES string of the molecule is CSc1cc([N+](=O)[O-])cc2c1OC1(C=C2)N(Cc2cc(CN3c4ccccc4C(C)(C)C34C=Cc3cc([N+](=O)[O-])cc(C)c3O4)cc(CN3c4ccccc4C(C)(C)C34C=Cc3cc([N+](=O)[O-])cc(SC)c3O4)c2)c2ccccc2C1(C)C. The lowest BCUT2D eigenvalue weighted by atomic mass is 9.76. The van der Waals surface area contributed by atoms with E-state index in [9.17, 15) is 30.3 Å². The third-order valence-corrected chi connectivity index (χ3v) is 19.9. The van der Waals surface area contributed by atoms with Crippen LogP contribution in [-0.4, -0.2) is 44.5 Å². The predicted molar refractivity (Wildman–Crippen MR) is 328 cm³/mol. The van der Waals surface area contributed by atoms with Crippen molar-refractivity contribution in [3.8, 4) is 17.2 Å². The van der Waals surface area contributed by atoms with E-state index >= 15 is 0 Å². The molecule has 0 fully saturated rings. The first-order valence-electron chi connectivity index (χ1n) is 27.5. The van der Waals surface area contributed by atoms with Crippen LogP contribution in [0, 0.1) is 37.3 Å². The molecule has 7 aromatic carbocycles. The molecular weight excluding hydrogens is 1080 g/mol. The molecule has 13 rings (SSSR count). The first kappa shape index (κ1) is 53.8. The average molecular weight is 1150 g/mol. The molecule has 3 spiro atoms. The molecule has 0 aliphatic carbocycles. The number of para-hydroxylation sites is 3. The van der Waals surface area contributed by atoms with Crippen molar-refractivity contribution in [1.82, 2.24) is 0 Å². The van der Waals surface area contributed by atoms with Crippen LogP contribution in [0.1, 0.15) is 97.2 Å². The number of anilines is 3. The number of ether oxygens (including phenoxy) is 3. The van der Waals surface area contributed by atoms with Crippen LogP contribution in [0.25, 0.3) is 18.2 Å². The molecule has 0 radical (unpaired) electrons. The molecular formula is C66H60N6O9S2. The van der Waals surface area contributed by atoms with Crippen LogP contribution in [0.15, 0.2) is 155 Å². The summed E-state index contributed by atoms with van der Waals surface area (Å²) in [5, 5.41) is 36.5. The van der Waals surface area contributed by atoms with Gasteiger partial charge in [-0.25, -0.2) is 0 Å². The first-order chi connectivity index (χ1) is 39.6. The molecule has 7 aromatic rings. The van der Waals surface area contributed by atoms with E-state index in [0.29, 0.717) is 68.9 Å². The van der Waals surface area contributed by atoms with Crippen LogP contribution < -0.4 is 28.9 Å². The number of nitrogens with zero attached hydrogens (tertiary/aromatic N) is 6. The van der Waals surface area contributed by atoms with Gasteiger partial charge < -0.3 is 28.9 Å². The lowest BCUT2D eigenvalue weighted by Crippen LogP contribution is -2.59. The standard InChI is InChI=1S/C66H60N6O9S2/c1-40-28-47(70(73)74)32-44-22-25-64(79-58(40)44)61(2,3)50-16-10-13-19-53(50)67(64)37-41-29-42(38-68-54-20-14-11-17-51(54)62(4,5)65(68)26-23-45-33-48(71(75)76)35-56(82-8)59(45)80-65)31-43(30-41)39-69-55-21-15-12-18-52(55)63(6,7)66(69)27-24-46-34-49(72(77)78)36-57(83-9)60(46)81-66/h10-36H,37-39H2,1-9H3. The summed E-state index contributed by atoms with van der Waals surface area (Å²) in [6.07, 6.45) is 15.9. The summed E-state index contributed by atoms with van der Waals surface area (Å²) in [7, 11) is 0. The predicted octanol–water partition coefficient (Wildman–Crippen LogP) is 15.5. The summed E-state index contributed by atoms with van der Waals surface area (Å²) in [6.45, 7) is 16.1. The van der Waals surface area contributed by atoms with Crippen LogP contribution in [0.2, 0.25) is 0 Å². The van der Waals surface area contributed by atoms with E-state index in [1.165, 1.54) is 23.5 Å². The number of fused-ring (bicyclic) bond motifs is 6. The summed E-state index contributed by atoms with van der Waals surface area (Å²) < 4.78 is 22.3. The molecule has 6 heterocycles. The van der Waals surface area contributed by atoms with E-state index in [2.05, 4.69) is 147 Å². The lowest BCUT2D eigenvalue weighted by Gasteiger charge is -2.48. The fourth-order valence-corrected chi connectivity index (χ4v) is 15.2. The van der Waals surface area contributed by atoms with Crippen LogP contribution in [0.5, 0.6) is 17.2 Å². The highest BCUT2D eigenvalue weighted by Gasteiger charge is 2.62. The maximum absolute atomic E-state index is 12.2. The van der Waals surface area contributed by atoms with Gasteiger partial charge in [-0.1, -0.05) is 72.8 Å². The molecule has 6 aliphatic heterocycles. The zero-order chi connectivity index (χ0) is 58.3. The van der Waals surface area contributed by atoms with Crippen LogP contribution in [0.3, 0.4) is 0 Å². The Morgan fingerprint density at radius 2 is 0.735 bits per heavy atom. The average Bonchev–Trinajstić information content (AvgIpc) is 1.97. The minimum absolute atomic E-state index is 0.00352. The van der Waals surface area contributed by atoms with Crippen molar-refractivity contribution in [2.45, 2.75) is 111 Å². The second kappa shape index (κ2) is 18.7. The molecule has 83 heavy (non-hydrogen) atoms. The molecule has 3 atom stereocenters. The highest BCUT2D eigenvalue weighted by Crippen LogP contribution is 2.60. The molecule has 0 amide bonds. The van der Waals surface area contributed by atoms with Gasteiger partial charge in [0.1, 0.15) is 17.2 Å². The van der Waals surface area contributed by atoms with Gasteiger partial charge in [0.25, 0.3) is 17.1 Å². The number of rotatable bonds is 11. The fraction of sp³-hybridized carbons (Fsp3) is 0.273. The number of hydrogen-bond donors (Lipinski definition) is 0. The van der Waals surface area contributed by atoms with Gasteiger partial charge in [0.05, 0.1) is 40.8 Å². The smallest absolute Gasteiger partial charge is 0.271 e. The second-order valence-corrected chi connectivity index (χ2v) is 25.5. The lowest BCUT2D eigenvalue weighted by molar-refractivity contribution is -0.385. The zero-order valence-electron chi connectivity index (χ0n) is 47.4. The van der Waals surface area contributed by atoms with E-state index in [-0.39, 0.29) is 31.8 Å². The van der Waals surface area contributed by atoms with Gasteiger partial charge in [-0.15, -0.1) is 23.5 Å². The first-order valence-corrected chi connectivity index (χ1v) is 29.9. The molecule has 6 aliphatic rings. The van der Waals surface area contributed by atoms with Gasteiger partial charge in [0, 0.05) is 89.8 Å². The van der Waals surface area contributed by atoms with Crippen molar-refractivity contribution < 1.29 is 29.0 Å². The van der Waals surface area contributed by atoms with E-state index in [1.807, 2.05) is 55.9 Å². The minimum Gasteiger partial charge on any atom is -0.462 e. The molecule has 420 valence electrons. The molecule has 17 heteroatoms. The molecule has 0 saturated carbocycles. The van der Waals surface area contributed by atoms with Crippen molar-refractivity contribution >= 4 is 75.9 Å². The Kier molecular flexibility index (Phi) is 12.1. The Hall–Kier alpha value is -8.54. The van der Waals surface area contributed by atoms with E-state index < -0.39 is 33.4 Å². The molecule has 0 saturated heterocycles. The zero-order valence-corrected chi connectivity index (χ0v) is 49.0. The van der Waals surface area contributed by atoms with Crippen molar-refractivity contribution in [2.24, 2.45) is 0 Å².